The van der Waals surface area contributed by atoms with Crippen molar-refractivity contribution in [2.75, 3.05) is 19.6 Å². The Morgan fingerprint density at radius 1 is 1.27 bits per heavy atom. The summed E-state index contributed by atoms with van der Waals surface area (Å²) in [6.07, 6.45) is 0.937. The number of sulfonamides is 1. The summed E-state index contributed by atoms with van der Waals surface area (Å²) in [4.78, 5) is 0.0373. The molecule has 1 aliphatic heterocycles. The van der Waals surface area contributed by atoms with Crippen LogP contribution in [-0.4, -0.2) is 32.4 Å². The van der Waals surface area contributed by atoms with E-state index < -0.39 is 10.0 Å². The van der Waals surface area contributed by atoms with Gasteiger partial charge in [-0.2, -0.15) is 9.57 Å². The van der Waals surface area contributed by atoms with E-state index >= 15 is 0 Å². The van der Waals surface area contributed by atoms with Crippen molar-refractivity contribution in [1.82, 2.24) is 9.62 Å². The molecule has 1 aliphatic rings. The molecule has 2 aromatic carbocycles. The molecule has 7 heteroatoms. The van der Waals surface area contributed by atoms with Crippen LogP contribution in [-0.2, 0) is 16.4 Å². The van der Waals surface area contributed by atoms with Gasteiger partial charge in [-0.25, -0.2) is 8.42 Å². The molecule has 1 heterocycles. The van der Waals surface area contributed by atoms with E-state index in [0.29, 0.717) is 25.2 Å². The SMILES string of the molecule is CCc1ccc(C2CNCCN2S(=O)(=O)c2ccc(C#N)cc2Cl)cc1. The molecule has 0 aromatic heterocycles. The number of nitrogens with one attached hydrogen (secondary N) is 1. The average Bonchev–Trinajstić information content (AvgIpc) is 2.67. The Morgan fingerprint density at radius 3 is 2.62 bits per heavy atom. The summed E-state index contributed by atoms with van der Waals surface area (Å²) in [5, 5.41) is 12.3. The number of piperazine rings is 1. The van der Waals surface area contributed by atoms with Crippen molar-refractivity contribution in [2.24, 2.45) is 0 Å². The number of hydrogen-bond acceptors (Lipinski definition) is 4. The average molecular weight is 390 g/mol. The van der Waals surface area contributed by atoms with E-state index in [0.717, 1.165) is 12.0 Å². The smallest absolute Gasteiger partial charge is 0.245 e. The molecule has 1 saturated heterocycles. The molecule has 0 amide bonds. The maximum absolute atomic E-state index is 13.2. The van der Waals surface area contributed by atoms with E-state index in [-0.39, 0.29) is 16.0 Å². The zero-order chi connectivity index (χ0) is 18.7. The second kappa shape index (κ2) is 7.77. The van der Waals surface area contributed by atoms with E-state index in [4.69, 9.17) is 16.9 Å². The van der Waals surface area contributed by atoms with Gasteiger partial charge in [-0.3, -0.25) is 0 Å². The minimum atomic E-state index is -3.78. The summed E-state index contributed by atoms with van der Waals surface area (Å²) < 4.78 is 28.0. The van der Waals surface area contributed by atoms with Crippen molar-refractivity contribution in [1.29, 1.82) is 5.26 Å². The Kier molecular flexibility index (Phi) is 5.64. The highest BCUT2D eigenvalue weighted by Gasteiger charge is 2.35. The molecule has 1 fully saturated rings. The van der Waals surface area contributed by atoms with Gasteiger partial charge in [0.2, 0.25) is 10.0 Å². The first kappa shape index (κ1) is 18.9. The molecular weight excluding hydrogens is 370 g/mol. The summed E-state index contributed by atoms with van der Waals surface area (Å²) in [5.41, 5.74) is 2.49. The van der Waals surface area contributed by atoms with Crippen molar-refractivity contribution >= 4 is 21.6 Å². The van der Waals surface area contributed by atoms with Crippen molar-refractivity contribution in [3.8, 4) is 6.07 Å². The van der Waals surface area contributed by atoms with Gasteiger partial charge >= 0.3 is 0 Å². The molecule has 0 spiro atoms. The number of aryl methyl sites for hydroxylation is 1. The lowest BCUT2D eigenvalue weighted by atomic mass is 10.0. The minimum Gasteiger partial charge on any atom is -0.313 e. The number of hydrogen-bond donors (Lipinski definition) is 1. The van der Waals surface area contributed by atoms with Crippen LogP contribution < -0.4 is 5.32 Å². The lowest BCUT2D eigenvalue weighted by molar-refractivity contribution is 0.271. The van der Waals surface area contributed by atoms with E-state index in [1.807, 2.05) is 30.3 Å². The molecule has 0 bridgehead atoms. The topological polar surface area (TPSA) is 73.2 Å². The van der Waals surface area contributed by atoms with Crippen molar-refractivity contribution in [2.45, 2.75) is 24.3 Å². The van der Waals surface area contributed by atoms with Crippen LogP contribution in [0.5, 0.6) is 0 Å². The molecule has 0 aliphatic carbocycles. The molecule has 5 nitrogen and oxygen atoms in total. The highest BCUT2D eigenvalue weighted by Crippen LogP contribution is 2.32. The van der Waals surface area contributed by atoms with Crippen LogP contribution in [0.1, 0.15) is 29.7 Å². The predicted octanol–water partition coefficient (Wildman–Crippen LogP) is 3.11. The molecule has 136 valence electrons. The molecule has 1 N–H and O–H groups in total. The van der Waals surface area contributed by atoms with E-state index in [2.05, 4.69) is 12.2 Å². The van der Waals surface area contributed by atoms with Crippen LogP contribution in [0, 0.1) is 11.3 Å². The second-order valence-corrected chi connectivity index (χ2v) is 8.45. The van der Waals surface area contributed by atoms with Gasteiger partial charge in [0.05, 0.1) is 22.7 Å². The third-order valence-corrected chi connectivity index (χ3v) is 7.01. The molecule has 1 atom stereocenters. The molecule has 1 unspecified atom stereocenters. The maximum Gasteiger partial charge on any atom is 0.245 e. The summed E-state index contributed by atoms with van der Waals surface area (Å²) in [6.45, 7) is 3.56. The zero-order valence-corrected chi connectivity index (χ0v) is 16.0. The van der Waals surface area contributed by atoms with Gasteiger partial charge in [0.1, 0.15) is 4.90 Å². The fourth-order valence-corrected chi connectivity index (χ4v) is 5.27. The van der Waals surface area contributed by atoms with Crippen LogP contribution in [0.3, 0.4) is 0 Å². The Balaban J connectivity index is 1.99. The van der Waals surface area contributed by atoms with Gasteiger partial charge in [-0.05, 0) is 35.7 Å². The van der Waals surface area contributed by atoms with E-state index in [1.54, 1.807) is 0 Å². The highest BCUT2D eigenvalue weighted by atomic mass is 35.5. The number of halogens is 1. The number of rotatable bonds is 4. The third-order valence-electron chi connectivity index (χ3n) is 4.61. The van der Waals surface area contributed by atoms with E-state index in [9.17, 15) is 8.42 Å². The summed E-state index contributed by atoms with van der Waals surface area (Å²) in [5.74, 6) is 0. The molecule has 3 rings (SSSR count). The maximum atomic E-state index is 13.2. The normalized spacial score (nSPS) is 18.4. The summed E-state index contributed by atoms with van der Waals surface area (Å²) in [6, 6.07) is 14.0. The lowest BCUT2D eigenvalue weighted by Gasteiger charge is -2.35. The largest absolute Gasteiger partial charge is 0.313 e. The Bertz CT molecular complexity index is 936. The summed E-state index contributed by atoms with van der Waals surface area (Å²) in [7, 11) is -3.78. The Labute approximate surface area is 159 Å². The standard InChI is InChI=1S/C19H20ClN3O2S/c1-2-14-3-6-16(7-4-14)18-13-22-9-10-23(18)26(24,25)19-8-5-15(12-21)11-17(19)20/h3-8,11,18,22H,2,9-10,13H2,1H3. The van der Waals surface area contributed by atoms with Gasteiger partial charge in [-0.15, -0.1) is 0 Å². The second-order valence-electron chi connectivity index (χ2n) is 6.19. The quantitative estimate of drug-likeness (QED) is 0.871. The predicted molar refractivity (Wildman–Crippen MR) is 101 cm³/mol. The monoisotopic (exact) mass is 389 g/mol. The zero-order valence-electron chi connectivity index (χ0n) is 14.4. The number of benzene rings is 2. The van der Waals surface area contributed by atoms with Crippen LogP contribution >= 0.6 is 11.6 Å². The minimum absolute atomic E-state index is 0.0373. The molecule has 26 heavy (non-hydrogen) atoms. The van der Waals surface area contributed by atoms with Crippen molar-refractivity contribution in [3.63, 3.8) is 0 Å². The number of nitrogens with zero attached hydrogens (tertiary/aromatic N) is 2. The van der Waals surface area contributed by atoms with Crippen molar-refractivity contribution < 1.29 is 8.42 Å². The number of nitriles is 1. The van der Waals surface area contributed by atoms with Gasteiger partial charge in [-0.1, -0.05) is 42.8 Å². The fraction of sp³-hybridized carbons (Fsp3) is 0.316. The van der Waals surface area contributed by atoms with Gasteiger partial charge in [0.15, 0.2) is 0 Å². The van der Waals surface area contributed by atoms with Gasteiger partial charge in [0.25, 0.3) is 0 Å². The summed E-state index contributed by atoms with van der Waals surface area (Å²) >= 11 is 6.17. The third kappa shape index (κ3) is 3.62. The lowest BCUT2D eigenvalue weighted by Crippen LogP contribution is -2.48. The van der Waals surface area contributed by atoms with Crippen LogP contribution in [0.2, 0.25) is 5.02 Å². The van der Waals surface area contributed by atoms with Crippen molar-refractivity contribution in [3.05, 3.63) is 64.2 Å². The Morgan fingerprint density at radius 2 is 2.00 bits per heavy atom. The molecule has 0 radical (unpaired) electrons. The van der Waals surface area contributed by atoms with Crippen LogP contribution in [0.15, 0.2) is 47.4 Å². The van der Waals surface area contributed by atoms with E-state index in [1.165, 1.54) is 28.1 Å². The molecule has 2 aromatic rings. The first-order chi connectivity index (χ1) is 12.5. The van der Waals surface area contributed by atoms with Crippen LogP contribution in [0.25, 0.3) is 0 Å². The highest BCUT2D eigenvalue weighted by molar-refractivity contribution is 7.89. The first-order valence-corrected chi connectivity index (χ1v) is 10.3. The molecular formula is C19H20ClN3O2S. The van der Waals surface area contributed by atoms with Gasteiger partial charge < -0.3 is 5.32 Å². The first-order valence-electron chi connectivity index (χ1n) is 8.48. The van der Waals surface area contributed by atoms with Gasteiger partial charge in [0, 0.05) is 19.6 Å². The van der Waals surface area contributed by atoms with Crippen LogP contribution in [0.4, 0.5) is 0 Å². The Hall–Kier alpha value is -1.91. The molecule has 0 saturated carbocycles. The fourth-order valence-electron chi connectivity index (χ4n) is 3.14.